The predicted molar refractivity (Wildman–Crippen MR) is 91.4 cm³/mol. The molecule has 0 spiro atoms. The highest BCUT2D eigenvalue weighted by atomic mass is 79.9. The molecule has 0 saturated carbocycles. The Morgan fingerprint density at radius 1 is 1.28 bits per heavy atom. The van der Waals surface area contributed by atoms with E-state index in [4.69, 9.17) is 9.15 Å². The fourth-order valence-electron chi connectivity index (χ4n) is 1.85. The predicted octanol–water partition coefficient (Wildman–Crippen LogP) is 3.58. The SMILES string of the molecule is CC(=O)Nc1ccc(C(=O)COC(=O)/C=C/c2ccc(Br)o2)c(F)c1. The maximum absolute atomic E-state index is 13.9. The molecule has 1 aromatic carbocycles. The van der Waals surface area contributed by atoms with Crippen molar-refractivity contribution in [2.75, 3.05) is 11.9 Å². The Labute approximate surface area is 150 Å². The van der Waals surface area contributed by atoms with Gasteiger partial charge in [-0.1, -0.05) is 0 Å². The van der Waals surface area contributed by atoms with E-state index in [2.05, 4.69) is 21.2 Å². The number of Topliss-reactive ketones (excluding diaryl/α,β-unsaturated/α-hetero) is 1. The quantitative estimate of drug-likeness (QED) is 0.447. The molecule has 0 atom stereocenters. The summed E-state index contributed by atoms with van der Waals surface area (Å²) in [6, 6.07) is 6.90. The molecule has 6 nitrogen and oxygen atoms in total. The number of anilines is 1. The Morgan fingerprint density at radius 3 is 2.64 bits per heavy atom. The summed E-state index contributed by atoms with van der Waals surface area (Å²) in [6.07, 6.45) is 2.47. The minimum atomic E-state index is -0.816. The molecule has 8 heteroatoms. The molecule has 1 N–H and O–H groups in total. The number of amides is 1. The van der Waals surface area contributed by atoms with Crippen LogP contribution in [0.4, 0.5) is 10.1 Å². The topological polar surface area (TPSA) is 85.6 Å². The van der Waals surface area contributed by atoms with Gasteiger partial charge in [-0.25, -0.2) is 9.18 Å². The monoisotopic (exact) mass is 409 g/mol. The molecule has 1 amide bonds. The summed E-state index contributed by atoms with van der Waals surface area (Å²) in [4.78, 5) is 34.4. The molecular weight excluding hydrogens is 397 g/mol. The van der Waals surface area contributed by atoms with Crippen molar-refractivity contribution >= 4 is 45.4 Å². The van der Waals surface area contributed by atoms with Crippen molar-refractivity contribution in [2.45, 2.75) is 6.92 Å². The van der Waals surface area contributed by atoms with Crippen LogP contribution in [0.5, 0.6) is 0 Å². The normalized spacial score (nSPS) is 10.7. The number of furan rings is 1. The lowest BCUT2D eigenvalue weighted by Crippen LogP contribution is -2.14. The number of hydrogen-bond donors (Lipinski definition) is 1. The molecule has 0 aliphatic heterocycles. The molecule has 25 heavy (non-hydrogen) atoms. The summed E-state index contributed by atoms with van der Waals surface area (Å²) < 4.78 is 24.3. The number of benzene rings is 1. The van der Waals surface area contributed by atoms with Crippen molar-refractivity contribution in [2.24, 2.45) is 0 Å². The minimum absolute atomic E-state index is 0.228. The molecule has 0 aliphatic carbocycles. The molecule has 1 aromatic heterocycles. The second-order valence-electron chi connectivity index (χ2n) is 4.88. The van der Waals surface area contributed by atoms with Crippen LogP contribution in [0, 0.1) is 5.82 Å². The van der Waals surface area contributed by atoms with E-state index < -0.39 is 24.2 Å². The van der Waals surface area contributed by atoms with Crippen LogP contribution in [0.2, 0.25) is 0 Å². The molecule has 130 valence electrons. The number of esters is 1. The van der Waals surface area contributed by atoms with Gasteiger partial charge in [0.25, 0.3) is 0 Å². The Balaban J connectivity index is 1.92. The number of hydrogen-bond acceptors (Lipinski definition) is 5. The van der Waals surface area contributed by atoms with Crippen LogP contribution in [0.1, 0.15) is 23.0 Å². The van der Waals surface area contributed by atoms with Gasteiger partial charge in [-0.2, -0.15) is 0 Å². The van der Waals surface area contributed by atoms with Gasteiger partial charge in [0, 0.05) is 18.7 Å². The average Bonchev–Trinajstić information content (AvgIpc) is 2.95. The molecule has 0 aliphatic rings. The van der Waals surface area contributed by atoms with E-state index in [0.717, 1.165) is 12.1 Å². The van der Waals surface area contributed by atoms with Crippen LogP contribution >= 0.6 is 15.9 Å². The van der Waals surface area contributed by atoms with Crippen molar-refractivity contribution < 1.29 is 27.9 Å². The summed E-state index contributed by atoms with van der Waals surface area (Å²) in [5.74, 6) is -2.22. The molecule has 0 saturated heterocycles. The third kappa shape index (κ3) is 5.68. The third-order valence-electron chi connectivity index (χ3n) is 2.91. The van der Waals surface area contributed by atoms with E-state index in [1.807, 2.05) is 0 Å². The summed E-state index contributed by atoms with van der Waals surface area (Å²) in [6.45, 7) is 0.673. The lowest BCUT2D eigenvalue weighted by molar-refractivity contribution is -0.136. The molecule has 0 fully saturated rings. The molecule has 0 radical (unpaired) electrons. The minimum Gasteiger partial charge on any atom is -0.454 e. The summed E-state index contributed by atoms with van der Waals surface area (Å²) >= 11 is 3.12. The summed E-state index contributed by atoms with van der Waals surface area (Å²) in [5, 5.41) is 2.40. The largest absolute Gasteiger partial charge is 0.454 e. The van der Waals surface area contributed by atoms with E-state index in [-0.39, 0.29) is 17.2 Å². The van der Waals surface area contributed by atoms with Gasteiger partial charge in [0.05, 0.1) is 5.56 Å². The van der Waals surface area contributed by atoms with E-state index in [9.17, 15) is 18.8 Å². The van der Waals surface area contributed by atoms with Crippen LogP contribution in [0.3, 0.4) is 0 Å². The van der Waals surface area contributed by atoms with Crippen LogP contribution < -0.4 is 5.32 Å². The maximum Gasteiger partial charge on any atom is 0.331 e. The van der Waals surface area contributed by atoms with Crippen molar-refractivity contribution in [1.82, 2.24) is 0 Å². The molecule has 0 unspecified atom stereocenters. The first kappa shape index (κ1) is 18.6. The number of ketones is 1. The Morgan fingerprint density at radius 2 is 2.04 bits per heavy atom. The number of halogens is 2. The average molecular weight is 410 g/mol. The second kappa shape index (κ2) is 8.39. The molecule has 0 bridgehead atoms. The number of carbonyl (C=O) groups excluding carboxylic acids is 3. The first-order valence-corrected chi connectivity index (χ1v) is 7.85. The fourth-order valence-corrected chi connectivity index (χ4v) is 2.17. The van der Waals surface area contributed by atoms with Crippen molar-refractivity contribution in [3.63, 3.8) is 0 Å². The van der Waals surface area contributed by atoms with E-state index in [1.54, 1.807) is 12.1 Å². The highest BCUT2D eigenvalue weighted by Crippen LogP contribution is 2.16. The zero-order valence-corrected chi connectivity index (χ0v) is 14.6. The maximum atomic E-state index is 13.9. The molecule has 2 rings (SSSR count). The van der Waals surface area contributed by atoms with Crippen molar-refractivity contribution in [3.8, 4) is 0 Å². The first-order valence-electron chi connectivity index (χ1n) is 7.05. The molecular formula is C17H13BrFNO5. The van der Waals surface area contributed by atoms with E-state index >= 15 is 0 Å². The standard InChI is InChI=1S/C17H13BrFNO5/c1-10(21)20-11-2-5-13(14(19)8-11)15(22)9-24-17(23)7-4-12-3-6-16(18)25-12/h2-8H,9H2,1H3,(H,20,21)/b7-4+. The van der Waals surface area contributed by atoms with Gasteiger partial charge in [-0.05, 0) is 52.3 Å². The van der Waals surface area contributed by atoms with Gasteiger partial charge >= 0.3 is 5.97 Å². The zero-order valence-electron chi connectivity index (χ0n) is 13.0. The Bertz CT molecular complexity index is 843. The summed E-state index contributed by atoms with van der Waals surface area (Å²) in [5.41, 5.74) is -0.00747. The third-order valence-corrected chi connectivity index (χ3v) is 3.34. The lowest BCUT2D eigenvalue weighted by Gasteiger charge is -2.06. The summed E-state index contributed by atoms with van der Waals surface area (Å²) in [7, 11) is 0. The number of rotatable bonds is 6. The van der Waals surface area contributed by atoms with Gasteiger partial charge in [0.2, 0.25) is 11.7 Å². The van der Waals surface area contributed by atoms with Gasteiger partial charge in [0.1, 0.15) is 11.6 Å². The Kier molecular flexibility index (Phi) is 6.24. The van der Waals surface area contributed by atoms with Crippen LogP contribution in [0.25, 0.3) is 6.08 Å². The zero-order chi connectivity index (χ0) is 18.4. The highest BCUT2D eigenvalue weighted by molar-refractivity contribution is 9.10. The number of nitrogens with one attached hydrogen (secondary N) is 1. The van der Waals surface area contributed by atoms with Crippen molar-refractivity contribution in [1.29, 1.82) is 0 Å². The van der Waals surface area contributed by atoms with Crippen molar-refractivity contribution in [3.05, 3.63) is 58.2 Å². The first-order chi connectivity index (χ1) is 11.8. The number of ether oxygens (including phenoxy) is 1. The highest BCUT2D eigenvalue weighted by Gasteiger charge is 2.14. The number of carbonyl (C=O) groups is 3. The van der Waals surface area contributed by atoms with E-state index in [0.29, 0.717) is 10.4 Å². The molecule has 1 heterocycles. The molecule has 2 aromatic rings. The second-order valence-corrected chi connectivity index (χ2v) is 5.66. The van der Waals surface area contributed by atoms with Gasteiger partial charge in [-0.3, -0.25) is 9.59 Å². The fraction of sp³-hybridized carbons (Fsp3) is 0.118. The Hall–Kier alpha value is -2.74. The van der Waals surface area contributed by atoms with Gasteiger partial charge in [0.15, 0.2) is 11.3 Å². The lowest BCUT2D eigenvalue weighted by atomic mass is 10.1. The van der Waals surface area contributed by atoms with Crippen LogP contribution in [-0.2, 0) is 14.3 Å². The van der Waals surface area contributed by atoms with Crippen LogP contribution in [-0.4, -0.2) is 24.3 Å². The van der Waals surface area contributed by atoms with Gasteiger partial charge < -0.3 is 14.5 Å². The smallest absolute Gasteiger partial charge is 0.331 e. The van der Waals surface area contributed by atoms with Crippen LogP contribution in [0.15, 0.2) is 45.5 Å². The van der Waals surface area contributed by atoms with Gasteiger partial charge in [-0.15, -0.1) is 0 Å². The van der Waals surface area contributed by atoms with E-state index in [1.165, 1.54) is 25.1 Å².